The lowest BCUT2D eigenvalue weighted by Gasteiger charge is -2.38. The number of fused-ring (bicyclic) bond motifs is 1. The van der Waals surface area contributed by atoms with Crippen LogP contribution in [0.4, 0.5) is 0 Å². The average molecular weight is 364 g/mol. The van der Waals surface area contributed by atoms with Crippen molar-refractivity contribution in [1.29, 1.82) is 0 Å². The van der Waals surface area contributed by atoms with E-state index in [9.17, 15) is 14.7 Å². The molecule has 1 atom stereocenters. The highest BCUT2D eigenvalue weighted by atomic mass is 16.3. The number of carbonyl (C=O) groups is 2. The van der Waals surface area contributed by atoms with Crippen molar-refractivity contribution in [3.63, 3.8) is 0 Å². The highest BCUT2D eigenvalue weighted by Crippen LogP contribution is 2.38. The molecule has 1 fully saturated rings. The summed E-state index contributed by atoms with van der Waals surface area (Å²) in [6, 6.07) is 11.0. The van der Waals surface area contributed by atoms with E-state index in [2.05, 4.69) is 20.5 Å². The van der Waals surface area contributed by atoms with Crippen LogP contribution in [0.5, 0.6) is 0 Å². The molecule has 1 amide bonds. The van der Waals surface area contributed by atoms with E-state index in [0.29, 0.717) is 12.8 Å². The predicted molar refractivity (Wildman–Crippen MR) is 99.3 cm³/mol. The number of amides is 1. The zero-order valence-electron chi connectivity index (χ0n) is 14.8. The molecule has 27 heavy (non-hydrogen) atoms. The maximum absolute atomic E-state index is 12.7. The summed E-state index contributed by atoms with van der Waals surface area (Å²) in [6.07, 6.45) is 2.68. The third kappa shape index (κ3) is 3.46. The third-order valence-electron chi connectivity index (χ3n) is 5.06. The average Bonchev–Trinajstić information content (AvgIpc) is 3.14. The Bertz CT molecular complexity index is 1010. The van der Waals surface area contributed by atoms with Crippen LogP contribution in [0, 0.1) is 5.92 Å². The third-order valence-corrected chi connectivity index (χ3v) is 5.06. The molecule has 2 heterocycles. The van der Waals surface area contributed by atoms with Crippen molar-refractivity contribution in [2.45, 2.75) is 31.9 Å². The lowest BCUT2D eigenvalue weighted by atomic mass is 9.75. The number of carbonyl (C=O) groups excluding carboxylic acids is 2. The van der Waals surface area contributed by atoms with E-state index in [0.717, 1.165) is 16.5 Å². The fourth-order valence-electron chi connectivity index (χ4n) is 3.47. The van der Waals surface area contributed by atoms with Crippen molar-refractivity contribution in [1.82, 2.24) is 20.5 Å². The number of hydrogen-bond acceptors (Lipinski definition) is 5. The molecule has 2 aromatic heterocycles. The summed E-state index contributed by atoms with van der Waals surface area (Å²) in [6.45, 7) is 1.40. The quantitative estimate of drug-likeness (QED) is 0.603. The van der Waals surface area contributed by atoms with Gasteiger partial charge in [0.25, 0.3) is 5.91 Å². The van der Waals surface area contributed by atoms with Crippen molar-refractivity contribution in [2.75, 3.05) is 0 Å². The number of aromatic amines is 1. The predicted octanol–water partition coefficient (Wildman–Crippen LogP) is 2.40. The summed E-state index contributed by atoms with van der Waals surface area (Å²) in [7, 11) is 0. The Morgan fingerprint density at radius 1 is 1.26 bits per heavy atom. The van der Waals surface area contributed by atoms with Crippen LogP contribution < -0.4 is 5.32 Å². The number of para-hydroxylation sites is 1. The van der Waals surface area contributed by atoms with Crippen LogP contribution in [0.1, 0.15) is 52.3 Å². The van der Waals surface area contributed by atoms with E-state index in [4.69, 9.17) is 0 Å². The molecule has 0 radical (unpaired) electrons. The lowest BCUT2D eigenvalue weighted by molar-refractivity contribution is 0.0234. The number of rotatable bonds is 5. The molecule has 1 aromatic carbocycles. The molecule has 0 spiro atoms. The van der Waals surface area contributed by atoms with Gasteiger partial charge in [0.2, 0.25) is 0 Å². The van der Waals surface area contributed by atoms with Gasteiger partial charge in [-0.3, -0.25) is 19.7 Å². The van der Waals surface area contributed by atoms with Gasteiger partial charge in [0.15, 0.2) is 5.78 Å². The van der Waals surface area contributed by atoms with Gasteiger partial charge in [0.05, 0.1) is 17.7 Å². The van der Waals surface area contributed by atoms with Gasteiger partial charge in [-0.1, -0.05) is 18.2 Å². The number of nitrogens with one attached hydrogen (secondary N) is 2. The van der Waals surface area contributed by atoms with Gasteiger partial charge in [-0.05, 0) is 42.5 Å². The molecule has 0 aliphatic heterocycles. The summed E-state index contributed by atoms with van der Waals surface area (Å²) in [4.78, 5) is 28.6. The van der Waals surface area contributed by atoms with E-state index in [-0.39, 0.29) is 41.1 Å². The van der Waals surface area contributed by atoms with Crippen molar-refractivity contribution in [2.24, 2.45) is 5.92 Å². The monoisotopic (exact) mass is 364 g/mol. The highest BCUT2D eigenvalue weighted by Gasteiger charge is 2.36. The molecule has 7 heteroatoms. The van der Waals surface area contributed by atoms with Gasteiger partial charge >= 0.3 is 0 Å². The summed E-state index contributed by atoms with van der Waals surface area (Å²) < 4.78 is 0. The van der Waals surface area contributed by atoms with Crippen LogP contribution in [0.25, 0.3) is 10.9 Å². The maximum Gasteiger partial charge on any atom is 0.269 e. The number of aromatic nitrogens is 3. The van der Waals surface area contributed by atoms with Crippen molar-refractivity contribution in [3.8, 4) is 0 Å². The second-order valence-corrected chi connectivity index (χ2v) is 7.02. The first kappa shape index (κ1) is 17.4. The highest BCUT2D eigenvalue weighted by molar-refractivity contribution is 5.97. The molecule has 138 valence electrons. The summed E-state index contributed by atoms with van der Waals surface area (Å²) in [5, 5.41) is 20.2. The van der Waals surface area contributed by atoms with E-state index in [1.807, 2.05) is 30.3 Å². The Morgan fingerprint density at radius 2 is 2.04 bits per heavy atom. The number of aliphatic hydroxyl groups excluding tert-OH is 1. The van der Waals surface area contributed by atoms with Crippen molar-refractivity contribution < 1.29 is 14.7 Å². The van der Waals surface area contributed by atoms with Crippen LogP contribution in [-0.4, -0.2) is 38.1 Å². The number of benzene rings is 1. The fraction of sp³-hybridized carbons (Fsp3) is 0.300. The zero-order valence-corrected chi connectivity index (χ0v) is 14.8. The van der Waals surface area contributed by atoms with Crippen LogP contribution in [0.15, 0.2) is 42.6 Å². The van der Waals surface area contributed by atoms with Gasteiger partial charge in [-0.2, -0.15) is 5.10 Å². The van der Waals surface area contributed by atoms with Crippen molar-refractivity contribution >= 4 is 22.6 Å². The van der Waals surface area contributed by atoms with Gasteiger partial charge in [0.1, 0.15) is 11.4 Å². The molecule has 0 unspecified atom stereocenters. The smallest absolute Gasteiger partial charge is 0.269 e. The van der Waals surface area contributed by atoms with E-state index < -0.39 is 0 Å². The summed E-state index contributed by atoms with van der Waals surface area (Å²) in [5.41, 5.74) is 2.24. The largest absolute Gasteiger partial charge is 0.393 e. The zero-order chi connectivity index (χ0) is 19.0. The minimum atomic E-state index is -0.338. The van der Waals surface area contributed by atoms with Crippen LogP contribution >= 0.6 is 0 Å². The first-order chi connectivity index (χ1) is 13.0. The number of H-pyrrole nitrogens is 1. The molecule has 0 saturated heterocycles. The summed E-state index contributed by atoms with van der Waals surface area (Å²) >= 11 is 0. The Balaban J connectivity index is 1.62. The lowest BCUT2D eigenvalue weighted by Crippen LogP contribution is -2.41. The SMILES string of the molecule is CC(=O)c1cc(C(=O)N[C@@H](c2cnc3ccccc3c2)C2CC(O)C2)[nH]n1. The Labute approximate surface area is 155 Å². The van der Waals surface area contributed by atoms with Gasteiger partial charge in [-0.25, -0.2) is 0 Å². The molecule has 7 nitrogen and oxygen atoms in total. The summed E-state index contributed by atoms with van der Waals surface area (Å²) in [5.74, 6) is -0.417. The molecular weight excluding hydrogens is 344 g/mol. The Kier molecular flexibility index (Phi) is 4.45. The molecule has 1 aliphatic rings. The first-order valence-corrected chi connectivity index (χ1v) is 8.91. The number of nitrogens with zero attached hydrogens (tertiary/aromatic N) is 2. The maximum atomic E-state index is 12.7. The molecule has 1 aliphatic carbocycles. The second kappa shape index (κ2) is 6.92. The molecular formula is C20H20N4O3. The molecule has 3 N–H and O–H groups in total. The van der Waals surface area contributed by atoms with E-state index >= 15 is 0 Å². The van der Waals surface area contributed by atoms with E-state index in [1.54, 1.807) is 6.20 Å². The Morgan fingerprint density at radius 3 is 2.74 bits per heavy atom. The minimum absolute atomic E-state index is 0.127. The number of Topliss-reactive ketones (excluding diaryl/α,β-unsaturated/α-hetero) is 1. The van der Waals surface area contributed by atoms with Crippen LogP contribution in [0.3, 0.4) is 0 Å². The van der Waals surface area contributed by atoms with Gasteiger partial charge in [-0.15, -0.1) is 0 Å². The molecule has 1 saturated carbocycles. The second-order valence-electron chi connectivity index (χ2n) is 7.02. The molecule has 0 bridgehead atoms. The number of pyridine rings is 1. The Hall–Kier alpha value is -3.06. The first-order valence-electron chi connectivity index (χ1n) is 8.91. The molecule has 3 aromatic rings. The van der Waals surface area contributed by atoms with Crippen LogP contribution in [-0.2, 0) is 0 Å². The number of ketones is 1. The van der Waals surface area contributed by atoms with Gasteiger partial charge < -0.3 is 10.4 Å². The number of hydrogen-bond donors (Lipinski definition) is 3. The normalized spacial score (nSPS) is 20.1. The van der Waals surface area contributed by atoms with E-state index in [1.165, 1.54) is 13.0 Å². The molecule has 4 rings (SSSR count). The topological polar surface area (TPSA) is 108 Å². The van der Waals surface area contributed by atoms with Crippen LogP contribution in [0.2, 0.25) is 0 Å². The van der Waals surface area contributed by atoms with Gasteiger partial charge in [0, 0.05) is 18.5 Å². The van der Waals surface area contributed by atoms with Crippen molar-refractivity contribution in [3.05, 3.63) is 59.5 Å². The number of aliphatic hydroxyl groups is 1. The minimum Gasteiger partial charge on any atom is -0.393 e. The standard InChI is InChI=1S/C20H20N4O3/c1-11(25)17-9-18(24-23-17)20(27)22-19(13-7-15(26)8-13)14-6-12-4-2-3-5-16(12)21-10-14/h2-6,9-10,13,15,19,26H,7-8H2,1H3,(H,22,27)(H,23,24)/t13?,15?,19-/m1/s1. The fourth-order valence-corrected chi connectivity index (χ4v) is 3.47.